The van der Waals surface area contributed by atoms with Crippen molar-refractivity contribution >= 4 is 57.3 Å². The summed E-state index contributed by atoms with van der Waals surface area (Å²) < 4.78 is 0. The molecule has 1 aliphatic carbocycles. The summed E-state index contributed by atoms with van der Waals surface area (Å²) in [6, 6.07) is 12.4. The molecule has 3 nitrogen and oxygen atoms in total. The van der Waals surface area contributed by atoms with Crippen LogP contribution in [0, 0.1) is 0 Å². The van der Waals surface area contributed by atoms with E-state index in [2.05, 4.69) is 4.98 Å². The van der Waals surface area contributed by atoms with E-state index >= 15 is 0 Å². The first-order valence-electron chi connectivity index (χ1n) is 7.10. The van der Waals surface area contributed by atoms with Crippen LogP contribution in [0.3, 0.4) is 0 Å². The fraction of sp³-hybridized carbons (Fsp3) is 0.0556. The molecular weight excluding hydrogens is 369 g/mol. The number of Topliss-reactive ketones (excluding diaryl/α,β-unsaturated/α-hetero) is 2. The number of nitrogens with zero attached hydrogens (tertiary/aromatic N) is 1. The van der Waals surface area contributed by atoms with Gasteiger partial charge < -0.3 is 0 Å². The Morgan fingerprint density at radius 3 is 2.33 bits per heavy atom. The first-order valence-corrected chi connectivity index (χ1v) is 8.24. The Morgan fingerprint density at radius 1 is 0.833 bits per heavy atom. The van der Waals surface area contributed by atoms with Crippen LogP contribution < -0.4 is 0 Å². The molecular formula is C18H8Cl3NO2. The van der Waals surface area contributed by atoms with Gasteiger partial charge in [0, 0.05) is 10.9 Å². The molecule has 1 aromatic heterocycles. The molecule has 6 heteroatoms. The highest BCUT2D eigenvalue weighted by molar-refractivity contribution is 6.49. The monoisotopic (exact) mass is 375 g/mol. The molecule has 24 heavy (non-hydrogen) atoms. The Balaban J connectivity index is 1.91. The topological polar surface area (TPSA) is 47.0 Å². The Hall–Kier alpha value is -1.94. The molecule has 1 atom stereocenters. The lowest BCUT2D eigenvalue weighted by atomic mass is 9.98. The molecule has 0 saturated heterocycles. The van der Waals surface area contributed by atoms with Crippen molar-refractivity contribution in [1.82, 2.24) is 4.98 Å². The summed E-state index contributed by atoms with van der Waals surface area (Å²) in [4.78, 5) is 30.0. The van der Waals surface area contributed by atoms with E-state index < -0.39 is 17.5 Å². The molecule has 0 aliphatic heterocycles. The number of ketones is 2. The van der Waals surface area contributed by atoms with Crippen molar-refractivity contribution in [1.29, 1.82) is 0 Å². The number of pyridine rings is 1. The molecule has 0 fully saturated rings. The van der Waals surface area contributed by atoms with Crippen LogP contribution in [0.4, 0.5) is 0 Å². The number of fused-ring (bicyclic) bond motifs is 2. The van der Waals surface area contributed by atoms with Crippen molar-refractivity contribution in [2.45, 2.75) is 5.92 Å². The smallest absolute Gasteiger partial charge is 0.182 e. The molecule has 0 amide bonds. The van der Waals surface area contributed by atoms with E-state index in [1.165, 1.54) is 6.07 Å². The summed E-state index contributed by atoms with van der Waals surface area (Å²) >= 11 is 18.2. The standard InChI is InChI=1S/C18H8Cl3NO2/c19-9-7-10(20)16(21)15-13(9)17(23)14(18(15)24)12-6-5-8-3-1-2-4-11(8)22-12/h1-7,14H. The van der Waals surface area contributed by atoms with Crippen LogP contribution in [-0.4, -0.2) is 16.6 Å². The van der Waals surface area contributed by atoms with E-state index in [0.717, 1.165) is 5.39 Å². The largest absolute Gasteiger partial charge is 0.293 e. The first-order chi connectivity index (χ1) is 11.5. The van der Waals surface area contributed by atoms with Gasteiger partial charge in [-0.25, -0.2) is 0 Å². The third-order valence-electron chi connectivity index (χ3n) is 4.10. The lowest BCUT2D eigenvalue weighted by molar-refractivity contribution is 0.0888. The summed E-state index contributed by atoms with van der Waals surface area (Å²) in [5.41, 5.74) is 1.29. The number of hydrogen-bond acceptors (Lipinski definition) is 3. The van der Waals surface area contributed by atoms with Gasteiger partial charge in [0.05, 0.1) is 31.8 Å². The van der Waals surface area contributed by atoms with Crippen LogP contribution in [0.5, 0.6) is 0 Å². The van der Waals surface area contributed by atoms with E-state index in [-0.39, 0.29) is 26.2 Å². The Morgan fingerprint density at radius 2 is 1.54 bits per heavy atom. The summed E-state index contributed by atoms with van der Waals surface area (Å²) in [5.74, 6) is -1.87. The zero-order valence-electron chi connectivity index (χ0n) is 12.0. The Kier molecular flexibility index (Phi) is 3.61. The van der Waals surface area contributed by atoms with Crippen LogP contribution in [0.1, 0.15) is 32.3 Å². The molecule has 0 spiro atoms. The van der Waals surface area contributed by atoms with Gasteiger partial charge in [-0.15, -0.1) is 0 Å². The summed E-state index contributed by atoms with van der Waals surface area (Å²) in [7, 11) is 0. The van der Waals surface area contributed by atoms with E-state index in [1.54, 1.807) is 6.07 Å². The highest BCUT2D eigenvalue weighted by atomic mass is 35.5. The van der Waals surface area contributed by atoms with Gasteiger partial charge in [-0.05, 0) is 18.2 Å². The number of benzene rings is 2. The number of hydrogen-bond donors (Lipinski definition) is 0. The third-order valence-corrected chi connectivity index (χ3v) is 5.19. The molecule has 0 N–H and O–H groups in total. The van der Waals surface area contributed by atoms with Gasteiger partial charge in [0.1, 0.15) is 5.92 Å². The van der Waals surface area contributed by atoms with Crippen LogP contribution in [0.15, 0.2) is 42.5 Å². The summed E-state index contributed by atoms with van der Waals surface area (Å²) in [5, 5.41) is 1.25. The zero-order valence-corrected chi connectivity index (χ0v) is 14.3. The van der Waals surface area contributed by atoms with Gasteiger partial charge in [0.2, 0.25) is 0 Å². The minimum atomic E-state index is -1.04. The molecule has 1 unspecified atom stereocenters. The second-order valence-electron chi connectivity index (χ2n) is 5.49. The van der Waals surface area contributed by atoms with E-state index in [1.807, 2.05) is 30.3 Å². The van der Waals surface area contributed by atoms with Crippen molar-refractivity contribution in [3.63, 3.8) is 0 Å². The second-order valence-corrected chi connectivity index (χ2v) is 6.69. The van der Waals surface area contributed by atoms with Crippen LogP contribution >= 0.6 is 34.8 Å². The highest BCUT2D eigenvalue weighted by Crippen LogP contribution is 2.43. The predicted octanol–water partition coefficient (Wildman–Crippen LogP) is 5.36. The fourth-order valence-corrected chi connectivity index (χ4v) is 3.78. The van der Waals surface area contributed by atoms with Gasteiger partial charge in [-0.3, -0.25) is 14.6 Å². The van der Waals surface area contributed by atoms with Gasteiger partial charge in [0.25, 0.3) is 0 Å². The van der Waals surface area contributed by atoms with Gasteiger partial charge in [-0.1, -0.05) is 59.1 Å². The molecule has 2 aromatic carbocycles. The molecule has 3 aromatic rings. The van der Waals surface area contributed by atoms with Crippen molar-refractivity contribution < 1.29 is 9.59 Å². The average Bonchev–Trinajstić information content (AvgIpc) is 2.84. The van der Waals surface area contributed by atoms with Crippen LogP contribution in [0.25, 0.3) is 10.9 Å². The van der Waals surface area contributed by atoms with Gasteiger partial charge in [0.15, 0.2) is 11.6 Å². The number of halogens is 3. The van der Waals surface area contributed by atoms with Crippen molar-refractivity contribution in [2.24, 2.45) is 0 Å². The van der Waals surface area contributed by atoms with Crippen LogP contribution in [-0.2, 0) is 0 Å². The van der Waals surface area contributed by atoms with Crippen molar-refractivity contribution in [2.75, 3.05) is 0 Å². The summed E-state index contributed by atoms with van der Waals surface area (Å²) in [6.07, 6.45) is 0. The minimum Gasteiger partial charge on any atom is -0.293 e. The highest BCUT2D eigenvalue weighted by Gasteiger charge is 2.44. The van der Waals surface area contributed by atoms with Crippen molar-refractivity contribution in [3.05, 3.63) is 74.4 Å². The molecule has 0 saturated carbocycles. The third kappa shape index (κ3) is 2.16. The predicted molar refractivity (Wildman–Crippen MR) is 94.6 cm³/mol. The molecule has 1 heterocycles. The van der Waals surface area contributed by atoms with Gasteiger partial charge in [-0.2, -0.15) is 0 Å². The molecule has 0 radical (unpaired) electrons. The quantitative estimate of drug-likeness (QED) is 0.424. The van der Waals surface area contributed by atoms with E-state index in [9.17, 15) is 9.59 Å². The zero-order chi connectivity index (χ0) is 17.0. The number of para-hydroxylation sites is 1. The lowest BCUT2D eigenvalue weighted by Crippen LogP contribution is -2.14. The summed E-state index contributed by atoms with van der Waals surface area (Å²) in [6.45, 7) is 0. The first kappa shape index (κ1) is 15.6. The number of aromatic nitrogens is 1. The lowest BCUT2D eigenvalue weighted by Gasteiger charge is -2.07. The molecule has 4 rings (SSSR count). The molecule has 1 aliphatic rings. The van der Waals surface area contributed by atoms with Crippen molar-refractivity contribution in [3.8, 4) is 0 Å². The fourth-order valence-electron chi connectivity index (χ4n) is 2.99. The number of carbonyl (C=O) groups is 2. The van der Waals surface area contributed by atoms with E-state index in [4.69, 9.17) is 34.8 Å². The SMILES string of the molecule is O=C1c2c(Cl)cc(Cl)c(Cl)c2C(=O)C1c1ccc2ccccc2n1. The molecule has 118 valence electrons. The Labute approximate surface area is 152 Å². The average molecular weight is 377 g/mol. The van der Waals surface area contributed by atoms with E-state index in [0.29, 0.717) is 11.2 Å². The minimum absolute atomic E-state index is 0.0534. The second kappa shape index (κ2) is 5.55. The maximum Gasteiger partial charge on any atom is 0.182 e. The maximum absolute atomic E-state index is 12.8. The number of carbonyl (C=O) groups excluding carboxylic acids is 2. The maximum atomic E-state index is 12.8. The van der Waals surface area contributed by atoms with Gasteiger partial charge >= 0.3 is 0 Å². The molecule has 0 bridgehead atoms. The number of rotatable bonds is 1. The normalized spacial score (nSPS) is 16.7. The Bertz CT molecular complexity index is 1050. The van der Waals surface area contributed by atoms with Crippen LogP contribution in [0.2, 0.25) is 15.1 Å².